The van der Waals surface area contributed by atoms with Crippen LogP contribution >= 0.6 is 0 Å². The van der Waals surface area contributed by atoms with Crippen LogP contribution in [0.4, 0.5) is 5.69 Å². The second kappa shape index (κ2) is 12.2. The second-order valence-electron chi connectivity index (χ2n) is 12.7. The van der Waals surface area contributed by atoms with Crippen LogP contribution in [-0.4, -0.2) is 45.7 Å². The highest BCUT2D eigenvalue weighted by Crippen LogP contribution is 2.39. The number of carbonyl (C=O) groups is 2. The molecule has 8 nitrogen and oxygen atoms in total. The zero-order chi connectivity index (χ0) is 31.8. The predicted octanol–water partition coefficient (Wildman–Crippen LogP) is 6.19. The summed E-state index contributed by atoms with van der Waals surface area (Å²) >= 11 is 0. The monoisotopic (exact) mass is 639 g/mol. The lowest BCUT2D eigenvalue weighted by Gasteiger charge is -2.25. The summed E-state index contributed by atoms with van der Waals surface area (Å²) in [5.41, 5.74) is 5.59. The van der Waals surface area contributed by atoms with Crippen molar-refractivity contribution >= 4 is 35.8 Å². The lowest BCUT2D eigenvalue weighted by atomic mass is 9.91. The molecule has 1 atom stereocenters. The van der Waals surface area contributed by atoms with E-state index in [2.05, 4.69) is 25.0 Å². The molecule has 1 unspecified atom stereocenters. The molecule has 0 spiro atoms. The molecule has 6 rings (SSSR count). The summed E-state index contributed by atoms with van der Waals surface area (Å²) in [7, 11) is -5.67. The molecule has 4 aromatic carbocycles. The van der Waals surface area contributed by atoms with E-state index in [1.54, 1.807) is 6.07 Å². The van der Waals surface area contributed by atoms with Gasteiger partial charge in [-0.2, -0.15) is 8.42 Å². The van der Waals surface area contributed by atoms with Crippen LogP contribution in [0.5, 0.6) is 5.75 Å². The van der Waals surface area contributed by atoms with Gasteiger partial charge in [-0.1, -0.05) is 98.5 Å². The molecule has 1 N–H and O–H groups in total. The third-order valence-electron chi connectivity index (χ3n) is 8.25. The van der Waals surface area contributed by atoms with Crippen LogP contribution in [0, 0.1) is 0 Å². The van der Waals surface area contributed by atoms with E-state index < -0.39 is 24.2 Å². The van der Waals surface area contributed by atoms with Crippen LogP contribution in [-0.2, 0) is 28.0 Å². The van der Waals surface area contributed by atoms with E-state index in [1.807, 2.05) is 91.0 Å². The van der Waals surface area contributed by atoms with E-state index in [0.29, 0.717) is 29.5 Å². The predicted molar refractivity (Wildman–Crippen MR) is 179 cm³/mol. The summed E-state index contributed by atoms with van der Waals surface area (Å²) in [5.74, 6) is -0.232. The fourth-order valence-corrected chi connectivity index (χ4v) is 8.44. The van der Waals surface area contributed by atoms with E-state index >= 15 is 0 Å². The number of nitrogens with one attached hydrogen (secondary N) is 1. The average molecular weight is 640 g/mol. The Morgan fingerprint density at radius 3 is 2.22 bits per heavy atom. The number of benzene rings is 4. The molecule has 232 valence electrons. The fraction of sp³-hybridized carbons (Fsp3) is 0.257. The molecule has 2 aliphatic rings. The molecule has 1 saturated heterocycles. The summed E-state index contributed by atoms with van der Waals surface area (Å²) in [6, 6.07) is 31.0. The summed E-state index contributed by atoms with van der Waals surface area (Å²) < 4.78 is 35.9. The quantitative estimate of drug-likeness (QED) is 0.220. The highest BCUT2D eigenvalue weighted by molar-refractivity contribution is 7.91. The van der Waals surface area contributed by atoms with E-state index in [4.69, 9.17) is 4.74 Å². The molecular weight excluding hydrogens is 603 g/mol. The summed E-state index contributed by atoms with van der Waals surface area (Å²) in [5, 5.41) is 3.20. The Kier molecular flexibility index (Phi) is 8.28. The summed E-state index contributed by atoms with van der Waals surface area (Å²) in [6.45, 7) is 6.57. The molecule has 2 heterocycles. The summed E-state index contributed by atoms with van der Waals surface area (Å²) in [4.78, 5) is 26.4. The van der Waals surface area contributed by atoms with Crippen LogP contribution in [0.1, 0.15) is 33.1 Å². The molecule has 45 heavy (non-hydrogen) atoms. The summed E-state index contributed by atoms with van der Waals surface area (Å²) in [6.07, 6.45) is 0.451. The average Bonchev–Trinajstić information content (AvgIpc) is 3.17. The highest BCUT2D eigenvalue weighted by Gasteiger charge is 2.44. The number of nitrogens with zero attached hydrogens (tertiary/aromatic N) is 2. The molecular formula is C35H37N3O5SSi. The number of anilines is 1. The largest absolute Gasteiger partial charge is 0.487 e. The first-order valence-corrected chi connectivity index (χ1v) is 20.2. The maximum Gasteiger partial charge on any atom is 0.329 e. The smallest absolute Gasteiger partial charge is 0.329 e. The van der Waals surface area contributed by atoms with Crippen molar-refractivity contribution in [3.63, 3.8) is 0 Å². The van der Waals surface area contributed by atoms with Crippen molar-refractivity contribution in [3.8, 4) is 16.9 Å². The van der Waals surface area contributed by atoms with E-state index in [9.17, 15) is 18.0 Å². The minimum Gasteiger partial charge on any atom is -0.487 e. The standard InChI is InChI=1S/C35H37N3O5SSi/c1-45(2,3)20-19-37-34(39)23-38(44(37,41)42)32-18-17-26(22-33(32)43-24-25-11-5-4-6-12-25)21-31-29-15-9-7-13-27(29)28-14-8-10-16-30(28)35(40)36-31/h4-18,22,31H,19-21,23-24H2,1-3H3,(H,36,40). The van der Waals surface area contributed by atoms with Crippen LogP contribution in [0.15, 0.2) is 97.1 Å². The highest BCUT2D eigenvalue weighted by atomic mass is 32.2. The molecule has 1 fully saturated rings. The third-order valence-corrected chi connectivity index (χ3v) is 11.8. The fourth-order valence-electron chi connectivity index (χ4n) is 5.83. The number of ether oxygens (including phenoxy) is 1. The SMILES string of the molecule is C[Si](C)(C)CCN1C(=O)CN(c2ccc(CC3NC(=O)c4ccccc4-c4ccccc43)cc2OCc2ccccc2)S1(=O)=O. The zero-order valence-electron chi connectivity index (χ0n) is 25.7. The van der Waals surface area contributed by atoms with E-state index in [0.717, 1.165) is 36.4 Å². The Labute approximate surface area is 265 Å². The van der Waals surface area contributed by atoms with Gasteiger partial charge in [-0.15, -0.1) is 0 Å². The van der Waals surface area contributed by atoms with E-state index in [-0.39, 0.29) is 31.6 Å². The first-order chi connectivity index (χ1) is 21.5. The zero-order valence-corrected chi connectivity index (χ0v) is 27.5. The normalized spacial score (nSPS) is 17.4. The minimum atomic E-state index is -4.08. The molecule has 0 aromatic heterocycles. The third kappa shape index (κ3) is 6.39. The van der Waals surface area contributed by atoms with Gasteiger partial charge in [0.1, 0.15) is 18.9 Å². The molecule has 0 aliphatic carbocycles. The Morgan fingerprint density at radius 2 is 1.49 bits per heavy atom. The Hall–Kier alpha value is -4.41. The number of amides is 2. The van der Waals surface area contributed by atoms with Crippen LogP contribution in [0.3, 0.4) is 0 Å². The van der Waals surface area contributed by atoms with E-state index in [1.165, 1.54) is 0 Å². The van der Waals surface area contributed by atoms with Gasteiger partial charge < -0.3 is 10.1 Å². The number of hydrogen-bond donors (Lipinski definition) is 1. The van der Waals surface area contributed by atoms with Crippen LogP contribution in [0.25, 0.3) is 11.1 Å². The van der Waals surface area contributed by atoms with Crippen molar-refractivity contribution in [1.29, 1.82) is 0 Å². The first-order valence-electron chi connectivity index (χ1n) is 15.1. The van der Waals surface area contributed by atoms with Gasteiger partial charge >= 0.3 is 10.2 Å². The molecule has 2 amide bonds. The topological polar surface area (TPSA) is 96.0 Å². The molecule has 4 aromatic rings. The van der Waals surface area contributed by atoms with Gasteiger partial charge in [-0.05, 0) is 58.5 Å². The lowest BCUT2D eigenvalue weighted by Crippen LogP contribution is -2.37. The number of hydrogen-bond acceptors (Lipinski definition) is 5. The van der Waals surface area contributed by atoms with Gasteiger partial charge in [-0.25, -0.2) is 8.61 Å². The van der Waals surface area contributed by atoms with Crippen molar-refractivity contribution in [2.24, 2.45) is 0 Å². The maximum atomic E-state index is 13.7. The van der Waals surface area contributed by atoms with Crippen molar-refractivity contribution in [2.75, 3.05) is 17.4 Å². The Bertz CT molecular complexity index is 1860. The number of fused-ring (bicyclic) bond motifs is 3. The number of carbonyl (C=O) groups excluding carboxylic acids is 2. The second-order valence-corrected chi connectivity index (χ2v) is 20.1. The first kappa shape index (κ1) is 30.6. The van der Waals surface area contributed by atoms with Crippen molar-refractivity contribution in [1.82, 2.24) is 9.62 Å². The van der Waals surface area contributed by atoms with Crippen LogP contribution < -0.4 is 14.4 Å². The Morgan fingerprint density at radius 1 is 0.822 bits per heavy atom. The van der Waals surface area contributed by atoms with Crippen LogP contribution in [0.2, 0.25) is 25.7 Å². The minimum absolute atomic E-state index is 0.149. The lowest BCUT2D eigenvalue weighted by molar-refractivity contribution is -0.123. The molecule has 0 bridgehead atoms. The van der Waals surface area contributed by atoms with Crippen molar-refractivity contribution in [2.45, 2.75) is 44.8 Å². The maximum absolute atomic E-state index is 13.7. The molecule has 0 saturated carbocycles. The van der Waals surface area contributed by atoms with Gasteiger partial charge in [0, 0.05) is 20.2 Å². The molecule has 2 aliphatic heterocycles. The van der Waals surface area contributed by atoms with Gasteiger partial charge in [0.2, 0.25) is 0 Å². The van der Waals surface area contributed by atoms with Gasteiger partial charge in [0.25, 0.3) is 11.8 Å². The number of rotatable bonds is 9. The van der Waals surface area contributed by atoms with Gasteiger partial charge in [0.15, 0.2) is 0 Å². The molecule has 10 heteroatoms. The molecule has 0 radical (unpaired) electrons. The Balaban J connectivity index is 1.34. The van der Waals surface area contributed by atoms with Crippen molar-refractivity contribution in [3.05, 3.63) is 119 Å². The van der Waals surface area contributed by atoms with Crippen molar-refractivity contribution < 1.29 is 22.7 Å². The van der Waals surface area contributed by atoms with Gasteiger partial charge in [-0.3, -0.25) is 9.59 Å². The van der Waals surface area contributed by atoms with Gasteiger partial charge in [0.05, 0.1) is 11.7 Å².